The molecule has 1 fully saturated rings. The largest absolute Gasteiger partial charge is 0.357 e. The number of rotatable bonds is 5. The van der Waals surface area contributed by atoms with Crippen LogP contribution in [-0.2, 0) is 11.2 Å². The average molecular weight is 324 g/mol. The van der Waals surface area contributed by atoms with Crippen LogP contribution < -0.4 is 16.0 Å². The first-order valence-electron chi connectivity index (χ1n) is 8.54. The summed E-state index contributed by atoms with van der Waals surface area (Å²) in [7, 11) is 0. The zero-order valence-corrected chi connectivity index (χ0v) is 13.8. The molecule has 3 rings (SSSR count). The minimum absolute atomic E-state index is 0.189. The van der Waals surface area contributed by atoms with Crippen molar-refractivity contribution in [2.24, 2.45) is 5.73 Å². The lowest BCUT2D eigenvalue weighted by Crippen LogP contribution is -2.37. The second-order valence-corrected chi connectivity index (χ2v) is 6.24. The number of aromatic nitrogens is 1. The minimum Gasteiger partial charge on any atom is -0.357 e. The highest BCUT2D eigenvalue weighted by atomic mass is 16.2. The van der Waals surface area contributed by atoms with E-state index in [-0.39, 0.29) is 5.91 Å². The van der Waals surface area contributed by atoms with Gasteiger partial charge < -0.3 is 16.0 Å². The van der Waals surface area contributed by atoms with Crippen molar-refractivity contribution in [1.29, 1.82) is 0 Å². The van der Waals surface area contributed by atoms with Crippen LogP contribution >= 0.6 is 0 Å². The number of nitrogens with zero attached hydrogens (tertiary/aromatic N) is 2. The maximum absolute atomic E-state index is 12.2. The van der Waals surface area contributed by atoms with Gasteiger partial charge in [0.1, 0.15) is 5.82 Å². The molecule has 1 aromatic heterocycles. The predicted octanol–water partition coefficient (Wildman–Crippen LogP) is 2.58. The van der Waals surface area contributed by atoms with Crippen LogP contribution in [0.15, 0.2) is 48.7 Å². The Hall–Kier alpha value is -2.40. The summed E-state index contributed by atoms with van der Waals surface area (Å²) in [4.78, 5) is 19.0. The van der Waals surface area contributed by atoms with Crippen molar-refractivity contribution < 1.29 is 4.79 Å². The first kappa shape index (κ1) is 16.5. The molecule has 1 aliphatic rings. The van der Waals surface area contributed by atoms with Gasteiger partial charge in [-0.1, -0.05) is 30.3 Å². The van der Waals surface area contributed by atoms with Gasteiger partial charge in [-0.2, -0.15) is 0 Å². The average Bonchev–Trinajstić information content (AvgIpc) is 2.64. The molecular formula is C19H24N4O. The summed E-state index contributed by atoms with van der Waals surface area (Å²) < 4.78 is 0. The van der Waals surface area contributed by atoms with Crippen LogP contribution in [-0.4, -0.2) is 30.0 Å². The Morgan fingerprint density at radius 3 is 2.54 bits per heavy atom. The fraction of sp³-hybridized carbons (Fsp3) is 0.368. The topological polar surface area (TPSA) is 71.2 Å². The van der Waals surface area contributed by atoms with E-state index < -0.39 is 6.04 Å². The van der Waals surface area contributed by atoms with Gasteiger partial charge in [0.15, 0.2) is 0 Å². The number of carbonyl (C=O) groups excluding carboxylic acids is 1. The number of hydrogen-bond donors (Lipinski definition) is 2. The molecule has 1 amide bonds. The van der Waals surface area contributed by atoms with Gasteiger partial charge in [0, 0.05) is 13.1 Å². The third-order valence-electron chi connectivity index (χ3n) is 4.33. The Kier molecular flexibility index (Phi) is 5.43. The van der Waals surface area contributed by atoms with Crippen LogP contribution in [0.25, 0.3) is 0 Å². The molecule has 2 aromatic rings. The van der Waals surface area contributed by atoms with E-state index in [1.165, 1.54) is 19.3 Å². The predicted molar refractivity (Wildman–Crippen MR) is 97.1 cm³/mol. The Morgan fingerprint density at radius 1 is 1.12 bits per heavy atom. The summed E-state index contributed by atoms with van der Waals surface area (Å²) in [5, 5.41) is 2.85. The molecule has 5 heteroatoms. The van der Waals surface area contributed by atoms with Crippen molar-refractivity contribution in [3.05, 3.63) is 54.2 Å². The highest BCUT2D eigenvalue weighted by Gasteiger charge is 2.15. The van der Waals surface area contributed by atoms with Gasteiger partial charge in [-0.15, -0.1) is 0 Å². The third-order valence-corrected chi connectivity index (χ3v) is 4.33. The van der Waals surface area contributed by atoms with Crippen LogP contribution in [0.1, 0.15) is 24.8 Å². The summed E-state index contributed by atoms with van der Waals surface area (Å²) in [6.45, 7) is 2.11. The first-order valence-corrected chi connectivity index (χ1v) is 8.54. The van der Waals surface area contributed by atoms with Crippen molar-refractivity contribution >= 4 is 17.4 Å². The van der Waals surface area contributed by atoms with E-state index >= 15 is 0 Å². The van der Waals surface area contributed by atoms with Gasteiger partial charge in [-0.25, -0.2) is 4.98 Å². The van der Waals surface area contributed by atoms with Gasteiger partial charge in [-0.05, 0) is 43.4 Å². The highest BCUT2D eigenvalue weighted by Crippen LogP contribution is 2.19. The second kappa shape index (κ2) is 7.93. The quantitative estimate of drug-likeness (QED) is 0.887. The van der Waals surface area contributed by atoms with E-state index in [0.29, 0.717) is 12.1 Å². The third kappa shape index (κ3) is 4.32. The molecule has 0 radical (unpaired) electrons. The van der Waals surface area contributed by atoms with Crippen molar-refractivity contribution in [2.45, 2.75) is 31.7 Å². The lowest BCUT2D eigenvalue weighted by Gasteiger charge is -2.27. The molecule has 0 saturated carbocycles. The maximum atomic E-state index is 12.2. The zero-order chi connectivity index (χ0) is 16.8. The normalized spacial score (nSPS) is 15.8. The summed E-state index contributed by atoms with van der Waals surface area (Å²) in [5.41, 5.74) is 7.74. The molecule has 1 atom stereocenters. The van der Waals surface area contributed by atoms with Gasteiger partial charge in [0.05, 0.1) is 17.9 Å². The Labute approximate surface area is 142 Å². The van der Waals surface area contributed by atoms with Gasteiger partial charge in [0.2, 0.25) is 5.91 Å². The van der Waals surface area contributed by atoms with Gasteiger partial charge >= 0.3 is 0 Å². The molecule has 0 aliphatic carbocycles. The van der Waals surface area contributed by atoms with E-state index in [0.717, 1.165) is 24.5 Å². The van der Waals surface area contributed by atoms with Crippen LogP contribution in [0.5, 0.6) is 0 Å². The van der Waals surface area contributed by atoms with E-state index in [1.54, 1.807) is 6.20 Å². The Balaban J connectivity index is 1.55. The van der Waals surface area contributed by atoms with E-state index in [2.05, 4.69) is 15.2 Å². The summed E-state index contributed by atoms with van der Waals surface area (Å²) >= 11 is 0. The Bertz CT molecular complexity index is 651. The lowest BCUT2D eigenvalue weighted by atomic mass is 10.1. The van der Waals surface area contributed by atoms with E-state index in [4.69, 9.17) is 5.73 Å². The number of piperidine rings is 1. The molecule has 3 N–H and O–H groups in total. The molecule has 1 saturated heterocycles. The molecule has 126 valence electrons. The van der Waals surface area contributed by atoms with Crippen molar-refractivity contribution in [3.8, 4) is 0 Å². The van der Waals surface area contributed by atoms with Crippen LogP contribution in [0.4, 0.5) is 11.5 Å². The number of carbonyl (C=O) groups is 1. The van der Waals surface area contributed by atoms with Gasteiger partial charge in [-0.3, -0.25) is 4.79 Å². The maximum Gasteiger partial charge on any atom is 0.241 e. The number of benzene rings is 1. The van der Waals surface area contributed by atoms with Crippen molar-refractivity contribution in [2.75, 3.05) is 23.3 Å². The van der Waals surface area contributed by atoms with Gasteiger partial charge in [0.25, 0.3) is 0 Å². The number of nitrogens with two attached hydrogens (primary N) is 1. The number of amides is 1. The van der Waals surface area contributed by atoms with Crippen LogP contribution in [0.3, 0.4) is 0 Å². The fourth-order valence-electron chi connectivity index (χ4n) is 2.97. The molecule has 0 spiro atoms. The number of hydrogen-bond acceptors (Lipinski definition) is 4. The van der Waals surface area contributed by atoms with E-state index in [1.807, 2.05) is 42.5 Å². The second-order valence-electron chi connectivity index (χ2n) is 6.24. The van der Waals surface area contributed by atoms with Crippen LogP contribution in [0.2, 0.25) is 0 Å². The van der Waals surface area contributed by atoms with Crippen molar-refractivity contribution in [1.82, 2.24) is 4.98 Å². The summed E-state index contributed by atoms with van der Waals surface area (Å²) in [5.74, 6) is 0.785. The van der Waals surface area contributed by atoms with E-state index in [9.17, 15) is 4.79 Å². The molecule has 0 bridgehead atoms. The van der Waals surface area contributed by atoms with Crippen LogP contribution in [0, 0.1) is 0 Å². The monoisotopic (exact) mass is 324 g/mol. The minimum atomic E-state index is -0.575. The molecule has 24 heavy (non-hydrogen) atoms. The smallest absolute Gasteiger partial charge is 0.241 e. The zero-order valence-electron chi connectivity index (χ0n) is 13.8. The number of nitrogens with one attached hydrogen (secondary N) is 1. The first-order chi connectivity index (χ1) is 11.7. The molecule has 1 aliphatic heterocycles. The fourth-order valence-corrected chi connectivity index (χ4v) is 2.97. The highest BCUT2D eigenvalue weighted by molar-refractivity contribution is 5.94. The number of pyridine rings is 1. The molecule has 0 unspecified atom stereocenters. The molecule has 1 aromatic carbocycles. The molecule has 5 nitrogen and oxygen atoms in total. The SMILES string of the molecule is N[C@@H](Cc1ccccc1)C(=O)Nc1ccc(N2CCCCC2)nc1. The standard InChI is InChI=1S/C19H24N4O/c20-17(13-15-7-3-1-4-8-15)19(24)22-16-9-10-18(21-14-16)23-11-5-2-6-12-23/h1,3-4,7-10,14,17H,2,5-6,11-13,20H2,(H,22,24)/t17-/m0/s1. The molecular weight excluding hydrogens is 300 g/mol. The summed E-state index contributed by atoms with van der Waals surface area (Å²) in [6.07, 6.45) is 5.95. The van der Waals surface area contributed by atoms with Crippen molar-refractivity contribution in [3.63, 3.8) is 0 Å². The number of anilines is 2. The Morgan fingerprint density at radius 2 is 1.88 bits per heavy atom. The lowest BCUT2D eigenvalue weighted by molar-refractivity contribution is -0.117. The summed E-state index contributed by atoms with van der Waals surface area (Å²) in [6, 6.07) is 13.1. The molecule has 2 heterocycles.